The zero-order valence-electron chi connectivity index (χ0n) is 27.7. The van der Waals surface area contributed by atoms with Crippen LogP contribution in [0, 0.1) is 0 Å². The van der Waals surface area contributed by atoms with E-state index in [4.69, 9.17) is 4.42 Å². The van der Waals surface area contributed by atoms with Gasteiger partial charge in [-0.3, -0.25) is 0 Å². The summed E-state index contributed by atoms with van der Waals surface area (Å²) in [6, 6.07) is 66.3. The summed E-state index contributed by atoms with van der Waals surface area (Å²) in [6.07, 6.45) is 0. The van der Waals surface area contributed by atoms with E-state index in [0.29, 0.717) is 0 Å². The lowest BCUT2D eigenvalue weighted by atomic mass is 9.83. The molecule has 11 rings (SSSR count). The third-order valence-corrected chi connectivity index (χ3v) is 10.8. The van der Waals surface area contributed by atoms with Gasteiger partial charge in [0.1, 0.15) is 11.2 Å². The molecule has 1 heterocycles. The Hall–Kier alpha value is -6.70. The van der Waals surface area contributed by atoms with Gasteiger partial charge < -0.3 is 4.42 Å². The minimum absolute atomic E-state index is 0.938. The second kappa shape index (κ2) is 10.9. The van der Waals surface area contributed by atoms with Crippen molar-refractivity contribution in [1.29, 1.82) is 0 Å². The Labute approximate surface area is 295 Å². The summed E-state index contributed by atoms with van der Waals surface area (Å²) in [5, 5.41) is 12.3. The molecule has 0 atom stereocenters. The molecule has 0 fully saturated rings. The lowest BCUT2D eigenvalue weighted by Gasteiger charge is -2.20. The Balaban J connectivity index is 1.16. The van der Waals surface area contributed by atoms with Gasteiger partial charge in [0.05, 0.1) is 0 Å². The molecule has 0 saturated carbocycles. The van der Waals surface area contributed by atoms with Crippen molar-refractivity contribution in [3.05, 3.63) is 182 Å². The van der Waals surface area contributed by atoms with Gasteiger partial charge in [0, 0.05) is 10.8 Å². The summed E-state index contributed by atoms with van der Waals surface area (Å²) in [4.78, 5) is 0. The molecule has 1 heteroatoms. The first kappa shape index (κ1) is 28.2. The predicted octanol–water partition coefficient (Wildman–Crippen LogP) is 14.3. The van der Waals surface area contributed by atoms with Crippen molar-refractivity contribution >= 4 is 65.0 Å². The minimum Gasteiger partial charge on any atom is -0.456 e. The van der Waals surface area contributed by atoms with E-state index in [2.05, 4.69) is 182 Å². The fourth-order valence-electron chi connectivity index (χ4n) is 8.58. The van der Waals surface area contributed by atoms with Crippen molar-refractivity contribution in [3.63, 3.8) is 0 Å². The molecular formula is C50H30O. The first-order chi connectivity index (χ1) is 25.3. The number of hydrogen-bond acceptors (Lipinski definition) is 1. The number of rotatable bonds is 4. The molecule has 0 saturated heterocycles. The molecule has 0 unspecified atom stereocenters. The molecule has 51 heavy (non-hydrogen) atoms. The Morgan fingerprint density at radius 2 is 0.804 bits per heavy atom. The molecule has 11 aromatic rings. The van der Waals surface area contributed by atoms with Crippen molar-refractivity contribution < 1.29 is 4.42 Å². The third-order valence-electron chi connectivity index (χ3n) is 10.8. The standard InChI is InChI=1S/C50H30O/c1-2-12-31(13-3-1)32-14-8-15-33(28-32)34-26-27-37-35(29-34)16-9-22-38(37)48-39-18-4-6-20-41(39)49(42-21-7-5-19-40(42)48)44-30-36-17-10-24-45-47(36)50-43(44)23-11-25-46(50)51-45/h1-30H. The summed E-state index contributed by atoms with van der Waals surface area (Å²) in [5.74, 6) is 0. The van der Waals surface area contributed by atoms with Crippen LogP contribution in [0.5, 0.6) is 0 Å². The molecule has 0 aliphatic carbocycles. The van der Waals surface area contributed by atoms with Gasteiger partial charge in [-0.15, -0.1) is 0 Å². The van der Waals surface area contributed by atoms with E-state index in [0.717, 1.165) is 11.2 Å². The zero-order chi connectivity index (χ0) is 33.5. The quantitative estimate of drug-likeness (QED) is 0.137. The van der Waals surface area contributed by atoms with Crippen molar-refractivity contribution in [1.82, 2.24) is 0 Å². The molecule has 0 bridgehead atoms. The Morgan fingerprint density at radius 3 is 1.55 bits per heavy atom. The number of fused-ring (bicyclic) bond motifs is 3. The van der Waals surface area contributed by atoms with Gasteiger partial charge in [0.15, 0.2) is 0 Å². The van der Waals surface area contributed by atoms with Gasteiger partial charge in [-0.05, 0) is 118 Å². The van der Waals surface area contributed by atoms with Crippen molar-refractivity contribution in [2.75, 3.05) is 0 Å². The maximum atomic E-state index is 6.36. The van der Waals surface area contributed by atoms with Gasteiger partial charge in [-0.1, -0.05) is 152 Å². The van der Waals surface area contributed by atoms with Gasteiger partial charge in [-0.2, -0.15) is 0 Å². The van der Waals surface area contributed by atoms with E-state index in [1.165, 1.54) is 98.4 Å². The number of hydrogen-bond donors (Lipinski definition) is 0. The van der Waals surface area contributed by atoms with Crippen LogP contribution in [0.3, 0.4) is 0 Å². The van der Waals surface area contributed by atoms with E-state index in [1.54, 1.807) is 0 Å². The van der Waals surface area contributed by atoms with Crippen molar-refractivity contribution in [2.24, 2.45) is 0 Å². The molecule has 1 nitrogen and oxygen atoms in total. The maximum Gasteiger partial charge on any atom is 0.136 e. The van der Waals surface area contributed by atoms with Crippen LogP contribution in [0.25, 0.3) is 110 Å². The van der Waals surface area contributed by atoms with Crippen LogP contribution in [0.15, 0.2) is 186 Å². The average molecular weight is 647 g/mol. The Bertz CT molecular complexity index is 3070. The SMILES string of the molecule is c1ccc(-c2cccc(-c3ccc4c(-c5c6ccccc6c(-c6cc7cccc8oc9cccc6c9c78)c6ccccc56)cccc4c3)c2)cc1. The van der Waals surface area contributed by atoms with Crippen LogP contribution < -0.4 is 0 Å². The monoisotopic (exact) mass is 646 g/mol. The van der Waals surface area contributed by atoms with E-state index in [1.807, 2.05) is 0 Å². The predicted molar refractivity (Wildman–Crippen MR) is 217 cm³/mol. The molecule has 1 aromatic heterocycles. The van der Waals surface area contributed by atoms with E-state index in [-0.39, 0.29) is 0 Å². The van der Waals surface area contributed by atoms with Crippen LogP contribution in [-0.4, -0.2) is 0 Å². The molecule has 0 N–H and O–H groups in total. The summed E-state index contributed by atoms with van der Waals surface area (Å²) in [5.41, 5.74) is 11.8. The van der Waals surface area contributed by atoms with Crippen LogP contribution in [-0.2, 0) is 0 Å². The molecule has 0 aliphatic heterocycles. The highest BCUT2D eigenvalue weighted by Crippen LogP contribution is 2.49. The topological polar surface area (TPSA) is 13.1 Å². The maximum absolute atomic E-state index is 6.36. The van der Waals surface area contributed by atoms with Gasteiger partial charge in [0.25, 0.3) is 0 Å². The lowest BCUT2D eigenvalue weighted by molar-refractivity contribution is 0.669. The molecule has 0 spiro atoms. The van der Waals surface area contributed by atoms with Crippen LogP contribution in [0.2, 0.25) is 0 Å². The smallest absolute Gasteiger partial charge is 0.136 e. The second-order valence-electron chi connectivity index (χ2n) is 13.6. The normalized spacial score (nSPS) is 11.9. The molecule has 0 aliphatic rings. The number of benzene rings is 10. The van der Waals surface area contributed by atoms with Gasteiger partial charge in [0.2, 0.25) is 0 Å². The summed E-state index contributed by atoms with van der Waals surface area (Å²) in [7, 11) is 0. The second-order valence-corrected chi connectivity index (χ2v) is 13.6. The van der Waals surface area contributed by atoms with Crippen LogP contribution in [0.1, 0.15) is 0 Å². The molecular weight excluding hydrogens is 617 g/mol. The van der Waals surface area contributed by atoms with Crippen molar-refractivity contribution in [3.8, 4) is 44.5 Å². The number of furan rings is 1. The van der Waals surface area contributed by atoms with Gasteiger partial charge in [-0.25, -0.2) is 0 Å². The van der Waals surface area contributed by atoms with E-state index in [9.17, 15) is 0 Å². The van der Waals surface area contributed by atoms with E-state index < -0.39 is 0 Å². The van der Waals surface area contributed by atoms with Crippen molar-refractivity contribution in [2.45, 2.75) is 0 Å². The summed E-state index contributed by atoms with van der Waals surface area (Å²) < 4.78 is 6.36. The third kappa shape index (κ3) is 4.22. The Morgan fingerprint density at radius 1 is 0.275 bits per heavy atom. The largest absolute Gasteiger partial charge is 0.456 e. The molecule has 0 radical (unpaired) electrons. The minimum atomic E-state index is 0.938. The fourth-order valence-corrected chi connectivity index (χ4v) is 8.58. The highest BCUT2D eigenvalue weighted by Gasteiger charge is 2.22. The highest BCUT2D eigenvalue weighted by molar-refractivity contribution is 6.30. The highest BCUT2D eigenvalue weighted by atomic mass is 16.3. The summed E-state index contributed by atoms with van der Waals surface area (Å²) in [6.45, 7) is 0. The van der Waals surface area contributed by atoms with Crippen LogP contribution >= 0.6 is 0 Å². The fraction of sp³-hybridized carbons (Fsp3) is 0. The molecule has 0 amide bonds. The first-order valence-electron chi connectivity index (χ1n) is 17.6. The molecule has 10 aromatic carbocycles. The zero-order valence-corrected chi connectivity index (χ0v) is 27.7. The average Bonchev–Trinajstić information content (AvgIpc) is 3.59. The first-order valence-corrected chi connectivity index (χ1v) is 17.6. The Kier molecular flexibility index (Phi) is 6.02. The van der Waals surface area contributed by atoms with Crippen LogP contribution in [0.4, 0.5) is 0 Å². The molecule has 236 valence electrons. The van der Waals surface area contributed by atoms with E-state index >= 15 is 0 Å². The lowest BCUT2D eigenvalue weighted by Crippen LogP contribution is -1.93. The summed E-state index contributed by atoms with van der Waals surface area (Å²) >= 11 is 0. The van der Waals surface area contributed by atoms with Gasteiger partial charge >= 0.3 is 0 Å².